The number of carboxylic acids is 3. The van der Waals surface area contributed by atoms with E-state index >= 15 is 0 Å². The first kappa shape index (κ1) is 81.5. The second-order valence-electron chi connectivity index (χ2n) is 21.6. The van der Waals surface area contributed by atoms with E-state index in [2.05, 4.69) is 42.5 Å². The van der Waals surface area contributed by atoms with Gasteiger partial charge in [-0.2, -0.15) is 13.2 Å². The summed E-state index contributed by atoms with van der Waals surface area (Å²) in [5.41, 5.74) is 34.8. The molecule has 32 heteroatoms. The van der Waals surface area contributed by atoms with Gasteiger partial charge in [-0.05, 0) is 127 Å². The Bertz CT molecular complexity index is 2400. The van der Waals surface area contributed by atoms with Crippen molar-refractivity contribution in [2.24, 2.45) is 46.2 Å². The molecule has 11 unspecified atom stereocenters. The third kappa shape index (κ3) is 34.1. The standard InChI is InChI=1S/C55H96N14O13.C2HF3O2/c1-5-33(3)45(69-51(77)40(25-27-44(71)72)65-54(80)46(34(4)6-2)68-50(76)39(24-26-43(61)70)62-47(73)36(60)20-10-14-28-56)53(79)64-38(22-12-16-30-58)48(74)63-37(21-11-15-29-57)49(75)67-42(32-35-18-8-7-9-19-35)52(78)66-41(55(81)82)23-13-17-31-59;3-2(4,5)1(6)7/h7-9,18-19,33-34,36-42,45-46H,5-6,10-17,20-32,56-60H2,1-4H3,(H2,61,70)(H,62,73)(H,63,74)(H,64,79)(H,65,80)(H,66,78)(H,67,75)(H,68,76)(H,69,77)(H,71,72)(H,81,82);(H,6,7). The Morgan fingerprint density at radius 2 is 0.775 bits per heavy atom. The van der Waals surface area contributed by atoms with Gasteiger partial charge in [-0.15, -0.1) is 0 Å². The molecule has 0 radical (unpaired) electrons. The number of nitrogens with two attached hydrogens (primary N) is 6. The fourth-order valence-electron chi connectivity index (χ4n) is 8.59. The summed E-state index contributed by atoms with van der Waals surface area (Å²) in [6, 6.07) is -3.25. The first-order valence-electron chi connectivity index (χ1n) is 30.0. The van der Waals surface area contributed by atoms with Crippen molar-refractivity contribution in [2.75, 3.05) is 26.2 Å². The Morgan fingerprint density at radius 3 is 1.15 bits per heavy atom. The summed E-state index contributed by atoms with van der Waals surface area (Å²) in [6.07, 6.45) is -2.13. The van der Waals surface area contributed by atoms with E-state index in [-0.39, 0.29) is 58.0 Å². The predicted molar refractivity (Wildman–Crippen MR) is 321 cm³/mol. The van der Waals surface area contributed by atoms with Gasteiger partial charge < -0.3 is 92.3 Å². The van der Waals surface area contributed by atoms with Crippen LogP contribution in [0, 0.1) is 11.8 Å². The van der Waals surface area contributed by atoms with Gasteiger partial charge in [0.05, 0.1) is 6.04 Å². The molecule has 0 fully saturated rings. The van der Waals surface area contributed by atoms with Crippen LogP contribution in [0.25, 0.3) is 0 Å². The first-order chi connectivity index (χ1) is 41.9. The number of benzene rings is 1. The van der Waals surface area contributed by atoms with Crippen molar-refractivity contribution in [3.05, 3.63) is 35.9 Å². The van der Waals surface area contributed by atoms with Crippen LogP contribution in [0.15, 0.2) is 30.3 Å². The zero-order valence-corrected chi connectivity index (χ0v) is 51.3. The van der Waals surface area contributed by atoms with Gasteiger partial charge in [0, 0.05) is 19.3 Å². The van der Waals surface area contributed by atoms with Crippen molar-refractivity contribution in [3.63, 3.8) is 0 Å². The Labute approximate surface area is 516 Å². The van der Waals surface area contributed by atoms with Gasteiger partial charge in [0.15, 0.2) is 0 Å². The van der Waals surface area contributed by atoms with Crippen LogP contribution in [0.1, 0.15) is 149 Å². The molecule has 1 aromatic rings. The maximum Gasteiger partial charge on any atom is 0.490 e. The minimum absolute atomic E-state index is 0.0154. The maximum absolute atomic E-state index is 14.5. The molecule has 9 amide bonds. The third-order valence-electron chi connectivity index (χ3n) is 14.4. The average Bonchev–Trinajstić information content (AvgIpc) is 3.69. The Kier molecular flexibility index (Phi) is 41.0. The predicted octanol–water partition coefficient (Wildman–Crippen LogP) is -1.11. The van der Waals surface area contributed by atoms with Crippen molar-refractivity contribution in [2.45, 2.75) is 210 Å². The van der Waals surface area contributed by atoms with Gasteiger partial charge in [0.2, 0.25) is 53.2 Å². The molecule has 0 saturated heterocycles. The van der Waals surface area contributed by atoms with Gasteiger partial charge in [0.25, 0.3) is 0 Å². The lowest BCUT2D eigenvalue weighted by atomic mass is 9.95. The molecule has 0 aliphatic heterocycles. The lowest BCUT2D eigenvalue weighted by Crippen LogP contribution is -2.62. The number of hydrogen-bond donors (Lipinski definition) is 17. The molecule has 89 heavy (non-hydrogen) atoms. The first-order valence-corrected chi connectivity index (χ1v) is 30.0. The maximum atomic E-state index is 14.5. The highest BCUT2D eigenvalue weighted by Gasteiger charge is 2.39. The minimum atomic E-state index is -5.08. The van der Waals surface area contributed by atoms with Gasteiger partial charge in [-0.3, -0.25) is 47.9 Å². The molecule has 0 heterocycles. The van der Waals surface area contributed by atoms with Crippen molar-refractivity contribution < 1.29 is 86.0 Å². The summed E-state index contributed by atoms with van der Waals surface area (Å²) in [7, 11) is 0. The van der Waals surface area contributed by atoms with Gasteiger partial charge in [0.1, 0.15) is 48.3 Å². The molecule has 0 saturated carbocycles. The molecule has 0 aromatic heterocycles. The molecule has 11 atom stereocenters. The molecule has 0 aliphatic carbocycles. The highest BCUT2D eigenvalue weighted by atomic mass is 19.4. The number of unbranched alkanes of at least 4 members (excludes halogenated alkanes) is 4. The number of halogens is 3. The Balaban J connectivity index is 0.0000104. The lowest BCUT2D eigenvalue weighted by molar-refractivity contribution is -0.192. The van der Waals surface area contributed by atoms with Crippen LogP contribution < -0.4 is 76.9 Å². The minimum Gasteiger partial charge on any atom is -0.481 e. The van der Waals surface area contributed by atoms with Crippen molar-refractivity contribution in [1.29, 1.82) is 0 Å². The summed E-state index contributed by atoms with van der Waals surface area (Å²) >= 11 is 0. The number of hydrogen-bond acceptors (Lipinski definition) is 17. The van der Waals surface area contributed by atoms with E-state index in [9.17, 15) is 76.1 Å². The molecular weight excluding hydrogens is 1180 g/mol. The highest BCUT2D eigenvalue weighted by Crippen LogP contribution is 2.16. The molecule has 23 N–H and O–H groups in total. The number of rotatable bonds is 45. The van der Waals surface area contributed by atoms with E-state index in [0.29, 0.717) is 82.9 Å². The molecule has 1 rings (SSSR count). The molecule has 0 bridgehead atoms. The Morgan fingerprint density at radius 1 is 0.449 bits per heavy atom. The summed E-state index contributed by atoms with van der Waals surface area (Å²) in [5, 5.41) is 47.8. The lowest BCUT2D eigenvalue weighted by Gasteiger charge is -2.30. The average molecular weight is 1280 g/mol. The van der Waals surface area contributed by atoms with Crippen molar-refractivity contribution in [3.8, 4) is 0 Å². The Hall–Kier alpha value is -7.55. The van der Waals surface area contributed by atoms with Gasteiger partial charge in [-0.1, -0.05) is 77.3 Å². The summed E-state index contributed by atoms with van der Waals surface area (Å²) in [5.74, 6) is -14.0. The van der Waals surface area contributed by atoms with Gasteiger partial charge >= 0.3 is 24.1 Å². The van der Waals surface area contributed by atoms with E-state index < -0.39 is 156 Å². The summed E-state index contributed by atoms with van der Waals surface area (Å²) in [4.78, 5) is 157. The molecular formula is C57H97F3N14O15. The van der Waals surface area contributed by atoms with Crippen LogP contribution >= 0.6 is 0 Å². The fourth-order valence-corrected chi connectivity index (χ4v) is 8.59. The number of carboxylic acid groups (broad SMARTS) is 3. The third-order valence-corrected chi connectivity index (χ3v) is 14.4. The quantitative estimate of drug-likeness (QED) is 0.0344. The van der Waals surface area contributed by atoms with Gasteiger partial charge in [-0.25, -0.2) is 9.59 Å². The zero-order valence-electron chi connectivity index (χ0n) is 51.3. The van der Waals surface area contributed by atoms with E-state index in [4.69, 9.17) is 44.3 Å². The number of primary amides is 1. The van der Waals surface area contributed by atoms with Crippen LogP contribution in [0.2, 0.25) is 0 Å². The number of amides is 9. The van der Waals surface area contributed by atoms with Crippen LogP contribution in [-0.4, -0.2) is 173 Å². The zero-order chi connectivity index (χ0) is 67.8. The van der Waals surface area contributed by atoms with E-state index in [0.717, 1.165) is 0 Å². The second kappa shape index (κ2) is 44.8. The van der Waals surface area contributed by atoms with Crippen LogP contribution in [0.3, 0.4) is 0 Å². The topological polar surface area (TPSA) is 518 Å². The van der Waals surface area contributed by atoms with Crippen molar-refractivity contribution >= 4 is 71.1 Å². The smallest absolute Gasteiger partial charge is 0.481 e. The number of carbonyl (C=O) groups is 12. The fraction of sp³-hybridized carbons (Fsp3) is 0.684. The molecule has 0 aliphatic rings. The monoisotopic (exact) mass is 1270 g/mol. The highest BCUT2D eigenvalue weighted by molar-refractivity contribution is 5.98. The number of carbonyl (C=O) groups excluding carboxylic acids is 9. The van der Waals surface area contributed by atoms with Crippen LogP contribution in [0.5, 0.6) is 0 Å². The van der Waals surface area contributed by atoms with Crippen LogP contribution in [-0.2, 0) is 64.0 Å². The number of alkyl halides is 3. The summed E-state index contributed by atoms with van der Waals surface area (Å²) in [6.45, 7) is 7.94. The van der Waals surface area contributed by atoms with E-state index in [1.54, 1.807) is 58.0 Å². The molecule has 506 valence electrons. The number of nitrogens with one attached hydrogen (secondary N) is 8. The number of aliphatic carboxylic acids is 3. The normalized spacial score (nSPS) is 14.9. The largest absolute Gasteiger partial charge is 0.490 e. The van der Waals surface area contributed by atoms with Crippen LogP contribution in [0.4, 0.5) is 13.2 Å². The van der Waals surface area contributed by atoms with Crippen molar-refractivity contribution in [1.82, 2.24) is 42.5 Å². The molecule has 1 aromatic carbocycles. The summed E-state index contributed by atoms with van der Waals surface area (Å²) < 4.78 is 31.7. The molecule has 0 spiro atoms. The molecule has 29 nitrogen and oxygen atoms in total. The SMILES string of the molecule is CCC(C)C(NC(=O)C(CCC(=O)O)NC(=O)C(NC(=O)C(CCC(N)=O)NC(=O)C(N)CCCCN)C(C)CC)C(=O)NC(CCCCN)C(=O)NC(CCCCN)C(=O)NC(Cc1ccccc1)C(=O)NC(CCCCN)C(=O)O.O=C(O)C(F)(F)F. The van der Waals surface area contributed by atoms with E-state index in [1.807, 2.05) is 0 Å². The van der Waals surface area contributed by atoms with E-state index in [1.165, 1.54) is 0 Å². The second-order valence-corrected chi connectivity index (χ2v) is 21.6.